The van der Waals surface area contributed by atoms with Crippen LogP contribution >= 0.6 is 23.2 Å². The SMILES string of the molecule is CC1(c2ccc(O)cc2)Cc2cc(OCCCC(=O)O)c(Cl)c(Cl)c2C1=O. The van der Waals surface area contributed by atoms with Gasteiger partial charge in [-0.3, -0.25) is 9.59 Å². The highest BCUT2D eigenvalue weighted by Gasteiger charge is 2.45. The van der Waals surface area contributed by atoms with Gasteiger partial charge in [0.1, 0.15) is 16.5 Å². The lowest BCUT2D eigenvalue weighted by atomic mass is 9.79. The molecule has 0 amide bonds. The number of carbonyl (C=O) groups excluding carboxylic acids is 1. The molecule has 0 radical (unpaired) electrons. The van der Waals surface area contributed by atoms with Gasteiger partial charge in [0.25, 0.3) is 0 Å². The van der Waals surface area contributed by atoms with Crippen LogP contribution in [-0.4, -0.2) is 28.6 Å². The Kier molecular flexibility index (Phi) is 5.36. The number of Topliss-reactive ketones (excluding diaryl/α,β-unsaturated/α-hetero) is 1. The number of hydrogen-bond acceptors (Lipinski definition) is 4. The monoisotopic (exact) mass is 408 g/mol. The number of halogens is 2. The number of phenols is 1. The summed E-state index contributed by atoms with van der Waals surface area (Å²) in [6.45, 7) is 2.02. The first-order chi connectivity index (χ1) is 12.7. The number of phenolic OH excluding ortho intramolecular Hbond substituents is 1. The van der Waals surface area contributed by atoms with Gasteiger partial charge in [0.05, 0.1) is 17.0 Å². The Hall–Kier alpha value is -2.24. The van der Waals surface area contributed by atoms with E-state index in [2.05, 4.69) is 0 Å². The van der Waals surface area contributed by atoms with E-state index in [4.69, 9.17) is 33.0 Å². The normalized spacial score (nSPS) is 18.4. The molecule has 2 N–H and O–H groups in total. The number of benzene rings is 2. The molecule has 2 aromatic rings. The number of ether oxygens (including phenoxy) is 1. The zero-order chi connectivity index (χ0) is 19.8. The number of carboxylic acid groups (broad SMARTS) is 1. The fourth-order valence-corrected chi connectivity index (χ4v) is 3.85. The lowest BCUT2D eigenvalue weighted by Crippen LogP contribution is -2.29. The van der Waals surface area contributed by atoms with Gasteiger partial charge in [-0.2, -0.15) is 0 Å². The van der Waals surface area contributed by atoms with Crippen molar-refractivity contribution in [1.82, 2.24) is 0 Å². The van der Waals surface area contributed by atoms with E-state index in [0.717, 1.165) is 11.1 Å². The summed E-state index contributed by atoms with van der Waals surface area (Å²) in [7, 11) is 0. The molecule has 0 saturated heterocycles. The van der Waals surface area contributed by atoms with Crippen molar-refractivity contribution in [3.05, 3.63) is 57.1 Å². The van der Waals surface area contributed by atoms with Crippen LogP contribution in [-0.2, 0) is 16.6 Å². The molecular weight excluding hydrogens is 391 g/mol. The molecule has 2 aromatic carbocycles. The fraction of sp³-hybridized carbons (Fsp3) is 0.300. The average molecular weight is 409 g/mol. The Morgan fingerprint density at radius 2 is 1.89 bits per heavy atom. The van der Waals surface area contributed by atoms with Gasteiger partial charge in [-0.15, -0.1) is 0 Å². The van der Waals surface area contributed by atoms with Crippen molar-refractivity contribution in [3.8, 4) is 11.5 Å². The van der Waals surface area contributed by atoms with Crippen LogP contribution in [0.15, 0.2) is 30.3 Å². The molecular formula is C20H18Cl2O5. The average Bonchev–Trinajstić information content (AvgIpc) is 2.88. The number of fused-ring (bicyclic) bond motifs is 1. The number of ketones is 1. The van der Waals surface area contributed by atoms with E-state index >= 15 is 0 Å². The maximum Gasteiger partial charge on any atom is 0.303 e. The lowest BCUT2D eigenvalue weighted by Gasteiger charge is -2.22. The van der Waals surface area contributed by atoms with Crippen LogP contribution in [0.1, 0.15) is 41.3 Å². The lowest BCUT2D eigenvalue weighted by molar-refractivity contribution is -0.137. The molecule has 1 unspecified atom stereocenters. The molecule has 0 fully saturated rings. The predicted molar refractivity (Wildman–Crippen MR) is 102 cm³/mol. The van der Waals surface area contributed by atoms with Gasteiger partial charge >= 0.3 is 5.97 Å². The van der Waals surface area contributed by atoms with Crippen molar-refractivity contribution in [2.75, 3.05) is 6.61 Å². The van der Waals surface area contributed by atoms with Crippen LogP contribution in [0.5, 0.6) is 11.5 Å². The number of rotatable bonds is 6. The van der Waals surface area contributed by atoms with Crippen molar-refractivity contribution < 1.29 is 24.5 Å². The van der Waals surface area contributed by atoms with Crippen molar-refractivity contribution in [2.45, 2.75) is 31.6 Å². The van der Waals surface area contributed by atoms with E-state index in [-0.39, 0.29) is 34.6 Å². The van der Waals surface area contributed by atoms with Crippen molar-refractivity contribution in [2.24, 2.45) is 0 Å². The second-order valence-electron chi connectivity index (χ2n) is 6.77. The minimum atomic E-state index is -0.896. The second kappa shape index (κ2) is 7.41. The topological polar surface area (TPSA) is 83.8 Å². The highest BCUT2D eigenvalue weighted by molar-refractivity contribution is 6.45. The Bertz CT molecular complexity index is 908. The first kappa shape index (κ1) is 19.5. The summed E-state index contributed by atoms with van der Waals surface area (Å²) in [5.74, 6) is -0.559. The maximum atomic E-state index is 13.1. The summed E-state index contributed by atoms with van der Waals surface area (Å²) < 4.78 is 5.59. The first-order valence-corrected chi connectivity index (χ1v) is 9.19. The molecule has 0 bridgehead atoms. The number of aliphatic carboxylic acids is 1. The molecule has 142 valence electrons. The summed E-state index contributed by atoms with van der Waals surface area (Å²) in [5.41, 5.74) is 1.08. The van der Waals surface area contributed by atoms with E-state index in [1.807, 2.05) is 6.92 Å². The Morgan fingerprint density at radius 1 is 1.22 bits per heavy atom. The Balaban J connectivity index is 1.90. The molecule has 0 aromatic heterocycles. The van der Waals surface area contributed by atoms with E-state index in [0.29, 0.717) is 24.2 Å². The maximum absolute atomic E-state index is 13.1. The highest BCUT2D eigenvalue weighted by atomic mass is 35.5. The van der Waals surface area contributed by atoms with E-state index in [9.17, 15) is 14.7 Å². The molecule has 5 nitrogen and oxygen atoms in total. The van der Waals surface area contributed by atoms with Gasteiger partial charge in [-0.05, 0) is 49.1 Å². The number of carbonyl (C=O) groups is 2. The van der Waals surface area contributed by atoms with Gasteiger partial charge in [0, 0.05) is 12.0 Å². The molecule has 0 aliphatic heterocycles. The third-order valence-electron chi connectivity index (χ3n) is 4.82. The van der Waals surface area contributed by atoms with Crippen LogP contribution < -0.4 is 4.74 Å². The van der Waals surface area contributed by atoms with Crippen LogP contribution in [0.25, 0.3) is 0 Å². The second-order valence-corrected chi connectivity index (χ2v) is 7.52. The van der Waals surface area contributed by atoms with E-state index in [1.54, 1.807) is 30.3 Å². The summed E-state index contributed by atoms with van der Waals surface area (Å²) >= 11 is 12.7. The molecule has 1 aliphatic carbocycles. The van der Waals surface area contributed by atoms with Crippen LogP contribution in [0.3, 0.4) is 0 Å². The minimum absolute atomic E-state index is 0.00625. The van der Waals surface area contributed by atoms with Gasteiger partial charge < -0.3 is 14.9 Å². The predicted octanol–water partition coefficient (Wildman–Crippen LogP) is 4.64. The molecule has 0 saturated carbocycles. The summed E-state index contributed by atoms with van der Waals surface area (Å²) in [6, 6.07) is 8.23. The molecule has 0 spiro atoms. The third-order valence-corrected chi connectivity index (χ3v) is 5.67. The van der Waals surface area contributed by atoms with Gasteiger partial charge in [0.15, 0.2) is 5.78 Å². The quantitative estimate of drug-likeness (QED) is 0.680. The van der Waals surface area contributed by atoms with Crippen molar-refractivity contribution in [3.63, 3.8) is 0 Å². The van der Waals surface area contributed by atoms with Gasteiger partial charge in [-0.1, -0.05) is 35.3 Å². The van der Waals surface area contributed by atoms with E-state index < -0.39 is 11.4 Å². The van der Waals surface area contributed by atoms with E-state index in [1.165, 1.54) is 0 Å². The zero-order valence-corrected chi connectivity index (χ0v) is 16.1. The van der Waals surface area contributed by atoms with Crippen molar-refractivity contribution >= 4 is 35.0 Å². The smallest absolute Gasteiger partial charge is 0.303 e. The number of carboxylic acids is 1. The largest absolute Gasteiger partial charge is 0.508 e. The fourth-order valence-electron chi connectivity index (χ4n) is 3.35. The molecule has 1 atom stereocenters. The first-order valence-electron chi connectivity index (χ1n) is 8.44. The van der Waals surface area contributed by atoms with Crippen LogP contribution in [0, 0.1) is 0 Å². The van der Waals surface area contributed by atoms with Gasteiger partial charge in [-0.25, -0.2) is 0 Å². The van der Waals surface area contributed by atoms with Gasteiger partial charge in [0.2, 0.25) is 0 Å². The Morgan fingerprint density at radius 3 is 2.52 bits per heavy atom. The van der Waals surface area contributed by atoms with Crippen LogP contribution in [0.2, 0.25) is 10.0 Å². The van der Waals surface area contributed by atoms with Crippen molar-refractivity contribution in [1.29, 1.82) is 0 Å². The zero-order valence-electron chi connectivity index (χ0n) is 14.6. The molecule has 3 rings (SSSR count). The molecule has 1 aliphatic rings. The minimum Gasteiger partial charge on any atom is -0.508 e. The number of hydrogen-bond donors (Lipinski definition) is 2. The number of aromatic hydroxyl groups is 1. The third kappa shape index (κ3) is 3.62. The van der Waals surface area contributed by atoms with Crippen LogP contribution in [0.4, 0.5) is 0 Å². The molecule has 7 heteroatoms. The molecule has 27 heavy (non-hydrogen) atoms. The summed E-state index contributed by atoms with van der Waals surface area (Å²) in [5, 5.41) is 18.5. The summed E-state index contributed by atoms with van der Waals surface area (Å²) in [6.07, 6.45) is 0.756. The standard InChI is InChI=1S/C20H18Cl2O5/c1-20(12-4-6-13(23)7-5-12)10-11-9-14(27-8-2-3-15(24)25)17(21)18(22)16(11)19(20)26/h4-7,9,23H,2-3,8,10H2,1H3,(H,24,25). The summed E-state index contributed by atoms with van der Waals surface area (Å²) in [4.78, 5) is 23.7. The molecule has 0 heterocycles. The Labute approximate surface area is 166 Å². The highest BCUT2D eigenvalue weighted by Crippen LogP contribution is 2.47.